The van der Waals surface area contributed by atoms with Gasteiger partial charge in [0, 0.05) is 25.2 Å². The average Bonchev–Trinajstić information content (AvgIpc) is 2.56. The van der Waals surface area contributed by atoms with Gasteiger partial charge in [-0.1, -0.05) is 0 Å². The average molecular weight is 395 g/mol. The Balaban J connectivity index is 3.93. The summed E-state index contributed by atoms with van der Waals surface area (Å²) >= 11 is 1.80. The van der Waals surface area contributed by atoms with Gasteiger partial charge in [0.2, 0.25) is 0 Å². The number of aliphatic hydroxyl groups is 1. The molecule has 0 fully saturated rings. The summed E-state index contributed by atoms with van der Waals surface area (Å²) in [7, 11) is 0. The van der Waals surface area contributed by atoms with Gasteiger partial charge < -0.3 is 30.4 Å². The molecule has 158 valence electrons. The van der Waals surface area contributed by atoms with Crippen molar-refractivity contribution in [2.45, 2.75) is 77.4 Å². The van der Waals surface area contributed by atoms with E-state index < -0.39 is 11.7 Å². The number of thioether (sulfide) groups is 1. The predicted octanol–water partition coefficient (Wildman–Crippen LogP) is 2.03. The van der Waals surface area contributed by atoms with Gasteiger partial charge in [-0.2, -0.15) is 11.8 Å². The molecule has 0 aliphatic carbocycles. The molecule has 0 saturated heterocycles. The third-order valence-electron chi connectivity index (χ3n) is 4.26. The van der Waals surface area contributed by atoms with Gasteiger partial charge in [0.05, 0.1) is 37.1 Å². The maximum absolute atomic E-state index is 9.94. The highest BCUT2D eigenvalue weighted by Gasteiger charge is 2.28. The largest absolute Gasteiger partial charge is 0.389 e. The van der Waals surface area contributed by atoms with E-state index in [9.17, 15) is 5.11 Å². The number of aliphatic hydroxyl groups excluding tert-OH is 1. The second kappa shape index (κ2) is 13.3. The molecule has 0 aromatic heterocycles. The van der Waals surface area contributed by atoms with Crippen LogP contribution in [0.4, 0.5) is 0 Å². The van der Waals surface area contributed by atoms with Gasteiger partial charge in [0.25, 0.3) is 0 Å². The summed E-state index contributed by atoms with van der Waals surface area (Å²) in [6.45, 7) is 14.5. The van der Waals surface area contributed by atoms with Crippen LogP contribution in [0, 0.1) is 0 Å². The van der Waals surface area contributed by atoms with E-state index >= 15 is 0 Å². The lowest BCUT2D eigenvalue weighted by atomic mass is 10.0. The smallest absolute Gasteiger partial charge is 0.0897 e. The van der Waals surface area contributed by atoms with E-state index in [2.05, 4.69) is 11.6 Å². The fourth-order valence-corrected chi connectivity index (χ4v) is 2.27. The van der Waals surface area contributed by atoms with Crippen LogP contribution in [0.5, 0.6) is 0 Å². The molecule has 0 saturated carbocycles. The van der Waals surface area contributed by atoms with Crippen molar-refractivity contribution < 1.29 is 19.3 Å². The number of hydrogen-bond donors (Lipinski definition) is 3. The number of rotatable bonds is 16. The van der Waals surface area contributed by atoms with E-state index in [1.807, 2.05) is 41.5 Å². The molecular formula is C19H42N2O4S. The molecule has 0 bridgehead atoms. The molecule has 7 heteroatoms. The lowest BCUT2D eigenvalue weighted by molar-refractivity contribution is -0.128. The molecule has 0 spiro atoms. The maximum atomic E-state index is 9.94. The first kappa shape index (κ1) is 26.1. The highest BCUT2D eigenvalue weighted by atomic mass is 32.2. The Bertz CT molecular complexity index is 354. The number of nitrogens with two attached hydrogens (primary N) is 1. The minimum atomic E-state index is -0.505. The van der Waals surface area contributed by atoms with Crippen molar-refractivity contribution in [1.82, 2.24) is 5.32 Å². The molecule has 26 heavy (non-hydrogen) atoms. The van der Waals surface area contributed by atoms with Crippen molar-refractivity contribution in [3.63, 3.8) is 0 Å². The molecule has 0 heterocycles. The third kappa shape index (κ3) is 13.3. The SMILES string of the molecule is CSCCCOCC(O)CNC(C)COC(C)(C)COC(C)(C)C(C)N. The molecule has 0 radical (unpaired) electrons. The highest BCUT2D eigenvalue weighted by Crippen LogP contribution is 2.18. The molecule has 4 N–H and O–H groups in total. The van der Waals surface area contributed by atoms with Gasteiger partial charge in [0.15, 0.2) is 0 Å². The maximum Gasteiger partial charge on any atom is 0.0897 e. The van der Waals surface area contributed by atoms with Crippen LogP contribution in [0.2, 0.25) is 0 Å². The second-order valence-corrected chi connectivity index (χ2v) is 9.12. The van der Waals surface area contributed by atoms with Crippen molar-refractivity contribution >= 4 is 11.8 Å². The fraction of sp³-hybridized carbons (Fsp3) is 1.00. The molecule has 0 aromatic carbocycles. The molecule has 0 aromatic rings. The molecular weight excluding hydrogens is 352 g/mol. The lowest BCUT2D eigenvalue weighted by Gasteiger charge is -2.35. The first-order chi connectivity index (χ1) is 12.0. The van der Waals surface area contributed by atoms with Crippen LogP contribution >= 0.6 is 11.8 Å². The Kier molecular flexibility index (Phi) is 13.4. The van der Waals surface area contributed by atoms with Crippen molar-refractivity contribution in [1.29, 1.82) is 0 Å². The topological polar surface area (TPSA) is 86.0 Å². The summed E-state index contributed by atoms with van der Waals surface area (Å²) in [4.78, 5) is 0. The fourth-order valence-electron chi connectivity index (χ4n) is 1.86. The van der Waals surface area contributed by atoms with Gasteiger partial charge in [-0.05, 0) is 60.0 Å². The monoisotopic (exact) mass is 394 g/mol. The van der Waals surface area contributed by atoms with Crippen LogP contribution in [-0.2, 0) is 14.2 Å². The van der Waals surface area contributed by atoms with E-state index in [4.69, 9.17) is 19.9 Å². The lowest BCUT2D eigenvalue weighted by Crippen LogP contribution is -2.47. The zero-order chi connectivity index (χ0) is 20.2. The Labute approximate surface area is 164 Å². The normalized spacial score (nSPS) is 16.5. The highest BCUT2D eigenvalue weighted by molar-refractivity contribution is 7.98. The quantitative estimate of drug-likeness (QED) is 0.345. The Morgan fingerprint density at radius 2 is 1.77 bits per heavy atom. The molecule has 3 unspecified atom stereocenters. The Morgan fingerprint density at radius 3 is 2.35 bits per heavy atom. The minimum Gasteiger partial charge on any atom is -0.389 e. The van der Waals surface area contributed by atoms with Crippen molar-refractivity contribution in [3.8, 4) is 0 Å². The van der Waals surface area contributed by atoms with Crippen molar-refractivity contribution in [2.75, 3.05) is 45.0 Å². The summed E-state index contributed by atoms with van der Waals surface area (Å²) < 4.78 is 17.4. The standard InChI is InChI=1S/C19H42N2O4S/c1-15(21-11-17(22)13-23-9-8-10-26-7)12-24-18(3,4)14-25-19(5,6)16(2)20/h15-17,21-22H,8-14,20H2,1-7H3. The summed E-state index contributed by atoms with van der Waals surface area (Å²) in [5.74, 6) is 1.09. The van der Waals surface area contributed by atoms with Crippen LogP contribution in [0.25, 0.3) is 0 Å². The van der Waals surface area contributed by atoms with Crippen LogP contribution in [0.3, 0.4) is 0 Å². The molecule has 0 rings (SSSR count). The molecule has 0 aliphatic rings. The summed E-state index contributed by atoms with van der Waals surface area (Å²) in [5, 5.41) is 13.2. The van der Waals surface area contributed by atoms with Gasteiger partial charge in [-0.25, -0.2) is 0 Å². The van der Waals surface area contributed by atoms with Crippen LogP contribution in [0.1, 0.15) is 48.0 Å². The molecule has 0 amide bonds. The summed E-state index contributed by atoms with van der Waals surface area (Å²) in [6, 6.07) is 0.0742. The zero-order valence-electron chi connectivity index (χ0n) is 17.8. The molecule has 6 nitrogen and oxygen atoms in total. The first-order valence-electron chi connectivity index (χ1n) is 9.52. The van der Waals surface area contributed by atoms with Crippen molar-refractivity contribution in [3.05, 3.63) is 0 Å². The van der Waals surface area contributed by atoms with Crippen LogP contribution in [0.15, 0.2) is 0 Å². The van der Waals surface area contributed by atoms with E-state index in [0.717, 1.165) is 12.2 Å². The Morgan fingerprint density at radius 1 is 1.12 bits per heavy atom. The Hall–Kier alpha value is 0.110. The number of nitrogens with one attached hydrogen (secondary N) is 1. The number of hydrogen-bond acceptors (Lipinski definition) is 7. The van der Waals surface area contributed by atoms with Gasteiger partial charge in [0.1, 0.15) is 0 Å². The molecule has 3 atom stereocenters. The van der Waals surface area contributed by atoms with Crippen LogP contribution < -0.4 is 11.1 Å². The number of ether oxygens (including phenoxy) is 3. The van der Waals surface area contributed by atoms with Gasteiger partial charge in [-0.15, -0.1) is 0 Å². The first-order valence-corrected chi connectivity index (χ1v) is 10.9. The molecule has 0 aliphatic heterocycles. The van der Waals surface area contributed by atoms with E-state index in [1.165, 1.54) is 0 Å². The van der Waals surface area contributed by atoms with E-state index in [-0.39, 0.29) is 17.7 Å². The third-order valence-corrected chi connectivity index (χ3v) is 4.96. The van der Waals surface area contributed by atoms with Gasteiger partial charge >= 0.3 is 0 Å². The van der Waals surface area contributed by atoms with E-state index in [1.54, 1.807) is 11.8 Å². The van der Waals surface area contributed by atoms with Crippen LogP contribution in [-0.4, -0.2) is 79.5 Å². The zero-order valence-corrected chi connectivity index (χ0v) is 18.7. The predicted molar refractivity (Wildman–Crippen MR) is 111 cm³/mol. The summed E-state index contributed by atoms with van der Waals surface area (Å²) in [5.41, 5.74) is 5.15. The van der Waals surface area contributed by atoms with Crippen molar-refractivity contribution in [2.24, 2.45) is 5.73 Å². The van der Waals surface area contributed by atoms with E-state index in [0.29, 0.717) is 33.0 Å². The second-order valence-electron chi connectivity index (χ2n) is 8.14. The summed E-state index contributed by atoms with van der Waals surface area (Å²) in [6.07, 6.45) is 2.59. The minimum absolute atomic E-state index is 0.0525. The van der Waals surface area contributed by atoms with Gasteiger partial charge in [-0.3, -0.25) is 0 Å².